The summed E-state index contributed by atoms with van der Waals surface area (Å²) in [6, 6.07) is 13.3. The number of likely N-dealkylation sites (tertiary alicyclic amines) is 2. The van der Waals surface area contributed by atoms with Gasteiger partial charge in [-0.2, -0.15) is 0 Å². The quantitative estimate of drug-likeness (QED) is 0.421. The molecule has 3 heterocycles. The summed E-state index contributed by atoms with van der Waals surface area (Å²) >= 11 is 12.7. The van der Waals surface area contributed by atoms with Crippen LogP contribution in [-0.2, 0) is 0 Å². The van der Waals surface area contributed by atoms with Crippen molar-refractivity contribution in [3.63, 3.8) is 0 Å². The zero-order valence-corrected chi connectivity index (χ0v) is 22.4. The number of nitrogens with two attached hydrogens (primary N) is 1. The highest BCUT2D eigenvalue weighted by Crippen LogP contribution is 2.34. The van der Waals surface area contributed by atoms with E-state index >= 15 is 0 Å². The number of hydrogen-bond donors (Lipinski definition) is 1. The summed E-state index contributed by atoms with van der Waals surface area (Å²) < 4.78 is 6.01. The molecule has 2 saturated heterocycles. The van der Waals surface area contributed by atoms with Crippen molar-refractivity contribution in [2.45, 2.75) is 44.8 Å². The van der Waals surface area contributed by atoms with E-state index in [1.54, 1.807) is 24.4 Å². The third-order valence-corrected chi connectivity index (χ3v) is 7.96. The average molecular weight is 540 g/mol. The van der Waals surface area contributed by atoms with E-state index in [1.807, 2.05) is 36.1 Å². The van der Waals surface area contributed by atoms with E-state index in [-0.39, 0.29) is 17.6 Å². The Labute approximate surface area is 227 Å². The molecule has 2 aliphatic heterocycles. The number of carbonyl (C=O) groups is 1. The number of hydrogen-bond acceptors (Lipinski definition) is 6. The van der Waals surface area contributed by atoms with Gasteiger partial charge in [0.15, 0.2) is 5.82 Å². The van der Waals surface area contributed by atoms with Crippen LogP contribution in [0.4, 0.5) is 5.82 Å². The van der Waals surface area contributed by atoms with Crippen LogP contribution in [0.25, 0.3) is 11.3 Å². The molecule has 0 radical (unpaired) electrons. The van der Waals surface area contributed by atoms with Gasteiger partial charge in [-0.1, -0.05) is 41.4 Å². The maximum Gasteiger partial charge on any atom is 0.258 e. The molecule has 0 bridgehead atoms. The predicted molar refractivity (Wildman–Crippen MR) is 147 cm³/mol. The van der Waals surface area contributed by atoms with Gasteiger partial charge in [0.2, 0.25) is 0 Å². The summed E-state index contributed by atoms with van der Waals surface area (Å²) in [5.74, 6) is 0.439. The number of piperidine rings is 1. The Bertz CT molecular complexity index is 1240. The summed E-state index contributed by atoms with van der Waals surface area (Å²) in [4.78, 5) is 26.5. The van der Waals surface area contributed by atoms with Gasteiger partial charge in [-0.05, 0) is 70.0 Å². The number of carbonyl (C=O) groups excluding carboxylic acids is 1. The van der Waals surface area contributed by atoms with Crippen LogP contribution in [0.1, 0.15) is 54.6 Å². The van der Waals surface area contributed by atoms with Gasteiger partial charge in [-0.25, -0.2) is 9.97 Å². The summed E-state index contributed by atoms with van der Waals surface area (Å²) in [6.45, 7) is 5.84. The lowest BCUT2D eigenvalue weighted by molar-refractivity contribution is 0.0644. The van der Waals surface area contributed by atoms with Gasteiger partial charge in [0, 0.05) is 45.9 Å². The van der Waals surface area contributed by atoms with Crippen molar-refractivity contribution in [3.05, 3.63) is 69.8 Å². The highest BCUT2D eigenvalue weighted by atomic mass is 35.5. The number of nitrogen functional groups attached to an aromatic ring is 1. The fourth-order valence-corrected chi connectivity index (χ4v) is 5.94. The van der Waals surface area contributed by atoms with Crippen molar-refractivity contribution in [2.75, 3.05) is 31.9 Å². The molecular formula is C28H31Cl2N5O2. The van der Waals surface area contributed by atoms with Crippen LogP contribution < -0.4 is 10.5 Å². The molecule has 0 saturated carbocycles. The lowest BCUT2D eigenvalue weighted by Gasteiger charge is -2.36. The number of halogens is 2. The standard InChI is InChI=1S/C28H31Cl2N5O2/c1-18(25-22(29)5-4-6-23(25)30)37-27-26(31)32-17-24(33-27)19-7-9-20(10-8-19)28(36)35-15-11-21(12-16-35)34-13-2-3-14-34/h4-10,17-18,21H,2-3,11-16H2,1H3,(H2,31,32). The van der Waals surface area contributed by atoms with E-state index in [2.05, 4.69) is 14.9 Å². The number of benzene rings is 2. The number of anilines is 1. The molecule has 0 spiro atoms. The predicted octanol–water partition coefficient (Wildman–Crippen LogP) is 5.87. The smallest absolute Gasteiger partial charge is 0.258 e. The van der Waals surface area contributed by atoms with Gasteiger partial charge >= 0.3 is 0 Å². The second-order valence-electron chi connectivity index (χ2n) is 9.68. The van der Waals surface area contributed by atoms with Crippen LogP contribution in [-0.4, -0.2) is 57.9 Å². The normalized spacial score (nSPS) is 17.6. The maximum atomic E-state index is 13.1. The molecule has 2 aromatic carbocycles. The minimum absolute atomic E-state index is 0.0734. The molecule has 5 rings (SSSR count). The van der Waals surface area contributed by atoms with Crippen molar-refractivity contribution >= 4 is 34.9 Å². The molecule has 1 atom stereocenters. The van der Waals surface area contributed by atoms with Gasteiger partial charge in [0.05, 0.1) is 11.9 Å². The highest BCUT2D eigenvalue weighted by molar-refractivity contribution is 6.36. The van der Waals surface area contributed by atoms with E-state index in [0.717, 1.165) is 31.5 Å². The summed E-state index contributed by atoms with van der Waals surface area (Å²) in [5.41, 5.74) is 8.78. The zero-order valence-electron chi connectivity index (χ0n) is 20.9. The van der Waals surface area contributed by atoms with Crippen molar-refractivity contribution in [2.24, 2.45) is 0 Å². The highest BCUT2D eigenvalue weighted by Gasteiger charge is 2.28. The van der Waals surface area contributed by atoms with Crippen LogP contribution in [0.2, 0.25) is 10.0 Å². The lowest BCUT2D eigenvalue weighted by atomic mass is 10.0. The second-order valence-corrected chi connectivity index (χ2v) is 10.5. The molecule has 1 amide bonds. The first kappa shape index (κ1) is 25.8. The Balaban J connectivity index is 1.26. The first-order chi connectivity index (χ1) is 17.9. The third-order valence-electron chi connectivity index (χ3n) is 7.30. The molecule has 9 heteroatoms. The van der Waals surface area contributed by atoms with E-state index in [1.165, 1.54) is 25.9 Å². The van der Waals surface area contributed by atoms with E-state index < -0.39 is 6.10 Å². The fraction of sp³-hybridized carbons (Fsp3) is 0.393. The molecule has 2 fully saturated rings. The molecule has 1 aromatic heterocycles. The summed E-state index contributed by atoms with van der Waals surface area (Å²) in [5, 5.41) is 1.01. The van der Waals surface area contributed by atoms with E-state index in [9.17, 15) is 4.79 Å². The third kappa shape index (κ3) is 5.69. The molecule has 0 aliphatic carbocycles. The number of aromatic nitrogens is 2. The van der Waals surface area contributed by atoms with Crippen molar-refractivity contribution in [3.8, 4) is 17.1 Å². The van der Waals surface area contributed by atoms with Gasteiger partial charge < -0.3 is 20.3 Å². The Morgan fingerprint density at radius 3 is 2.32 bits per heavy atom. The topological polar surface area (TPSA) is 84.6 Å². The largest absolute Gasteiger partial charge is 0.467 e. The first-order valence-corrected chi connectivity index (χ1v) is 13.5. The molecule has 1 unspecified atom stereocenters. The zero-order chi connectivity index (χ0) is 25.9. The number of amides is 1. The Kier molecular flexibility index (Phi) is 7.84. The minimum Gasteiger partial charge on any atom is -0.467 e. The molecule has 2 N–H and O–H groups in total. The van der Waals surface area contributed by atoms with Crippen LogP contribution in [0, 0.1) is 0 Å². The van der Waals surface area contributed by atoms with Crippen LogP contribution in [0.3, 0.4) is 0 Å². The summed E-state index contributed by atoms with van der Waals surface area (Å²) in [6.07, 6.45) is 5.80. The molecule has 7 nitrogen and oxygen atoms in total. The molecule has 2 aliphatic rings. The lowest BCUT2D eigenvalue weighted by Crippen LogP contribution is -2.45. The van der Waals surface area contributed by atoms with Crippen LogP contribution in [0.15, 0.2) is 48.7 Å². The van der Waals surface area contributed by atoms with Gasteiger partial charge in [0.25, 0.3) is 11.8 Å². The van der Waals surface area contributed by atoms with Gasteiger partial charge in [0.1, 0.15) is 6.10 Å². The number of nitrogens with zero attached hydrogens (tertiary/aromatic N) is 4. The fourth-order valence-electron chi connectivity index (χ4n) is 5.24. The van der Waals surface area contributed by atoms with E-state index in [0.29, 0.717) is 32.9 Å². The SMILES string of the molecule is CC(Oc1nc(-c2ccc(C(=O)N3CCC(N4CCCC4)CC3)cc2)cnc1N)c1c(Cl)cccc1Cl. The van der Waals surface area contributed by atoms with Crippen molar-refractivity contribution in [1.29, 1.82) is 0 Å². The van der Waals surface area contributed by atoms with Crippen LogP contribution >= 0.6 is 23.2 Å². The Morgan fingerprint density at radius 1 is 1.03 bits per heavy atom. The minimum atomic E-state index is -0.484. The molecule has 3 aromatic rings. The summed E-state index contributed by atoms with van der Waals surface area (Å²) in [7, 11) is 0. The molecule has 37 heavy (non-hydrogen) atoms. The first-order valence-electron chi connectivity index (χ1n) is 12.8. The van der Waals surface area contributed by atoms with Gasteiger partial charge in [-0.15, -0.1) is 0 Å². The van der Waals surface area contributed by atoms with Gasteiger partial charge in [-0.3, -0.25) is 4.79 Å². The molecular weight excluding hydrogens is 509 g/mol. The second kappa shape index (κ2) is 11.3. The number of ether oxygens (including phenoxy) is 1. The van der Waals surface area contributed by atoms with E-state index in [4.69, 9.17) is 33.7 Å². The van der Waals surface area contributed by atoms with Crippen molar-refractivity contribution < 1.29 is 9.53 Å². The maximum absolute atomic E-state index is 13.1. The van der Waals surface area contributed by atoms with Crippen molar-refractivity contribution in [1.82, 2.24) is 19.8 Å². The Hall–Kier alpha value is -2.87. The monoisotopic (exact) mass is 539 g/mol. The van der Waals surface area contributed by atoms with Crippen LogP contribution in [0.5, 0.6) is 5.88 Å². The Morgan fingerprint density at radius 2 is 1.68 bits per heavy atom. The molecule has 194 valence electrons. The number of rotatable bonds is 6. The average Bonchev–Trinajstić information content (AvgIpc) is 3.45.